The van der Waals surface area contributed by atoms with Crippen molar-refractivity contribution in [3.05, 3.63) is 100 Å². The number of para-hydroxylation sites is 1. The molecule has 0 radical (unpaired) electrons. The smallest absolute Gasteiger partial charge is 0.337 e. The van der Waals surface area contributed by atoms with Gasteiger partial charge in [0.2, 0.25) is 0 Å². The summed E-state index contributed by atoms with van der Waals surface area (Å²) in [5.41, 5.74) is 1.03. The van der Waals surface area contributed by atoms with E-state index >= 15 is 0 Å². The first kappa shape index (κ1) is 23.7. The summed E-state index contributed by atoms with van der Waals surface area (Å²) < 4.78 is 18.4. The lowest BCUT2D eigenvalue weighted by molar-refractivity contribution is -0.120. The van der Waals surface area contributed by atoms with E-state index in [1.165, 1.54) is 73.8 Å². The molecule has 3 aromatic carbocycles. The largest absolute Gasteiger partial charge is 0.465 e. The van der Waals surface area contributed by atoms with Gasteiger partial charge in [-0.15, -0.1) is 0 Å². The molecule has 1 heterocycles. The second kappa shape index (κ2) is 9.78. The molecule has 3 amide bonds. The van der Waals surface area contributed by atoms with Gasteiger partial charge in [-0.25, -0.2) is 14.1 Å². The molecule has 1 aliphatic rings. The fourth-order valence-electron chi connectivity index (χ4n) is 3.32. The van der Waals surface area contributed by atoms with Crippen LogP contribution in [0.3, 0.4) is 0 Å². The molecule has 3 aromatic rings. The van der Waals surface area contributed by atoms with Crippen LogP contribution in [-0.2, 0) is 14.3 Å². The average Bonchev–Trinajstić information content (AvgIpc) is 3.08. The van der Waals surface area contributed by atoms with Crippen LogP contribution in [0.1, 0.15) is 20.7 Å². The highest BCUT2D eigenvalue weighted by atomic mass is 35.5. The molecule has 0 atom stereocenters. The zero-order valence-electron chi connectivity index (χ0n) is 18.2. The first-order chi connectivity index (χ1) is 16.8. The summed E-state index contributed by atoms with van der Waals surface area (Å²) >= 11 is 6.14. The Morgan fingerprint density at radius 1 is 0.886 bits per heavy atom. The van der Waals surface area contributed by atoms with E-state index in [0.29, 0.717) is 5.69 Å². The molecule has 1 aliphatic heterocycles. The lowest BCUT2D eigenvalue weighted by Gasteiger charge is -2.15. The van der Waals surface area contributed by atoms with Gasteiger partial charge >= 0.3 is 5.97 Å². The van der Waals surface area contributed by atoms with E-state index in [-0.39, 0.29) is 33.2 Å². The van der Waals surface area contributed by atoms with Gasteiger partial charge in [-0.05, 0) is 60.7 Å². The van der Waals surface area contributed by atoms with Gasteiger partial charge in [0.05, 0.1) is 24.0 Å². The predicted octanol–water partition coefficient (Wildman–Crippen LogP) is 4.30. The van der Waals surface area contributed by atoms with Gasteiger partial charge in [0.25, 0.3) is 17.7 Å². The number of amides is 3. The number of benzene rings is 3. The van der Waals surface area contributed by atoms with Crippen molar-refractivity contribution in [1.82, 2.24) is 0 Å². The number of ether oxygens (including phenoxy) is 1. The summed E-state index contributed by atoms with van der Waals surface area (Å²) in [4.78, 5) is 50.4. The van der Waals surface area contributed by atoms with Crippen LogP contribution >= 0.6 is 11.6 Å². The van der Waals surface area contributed by atoms with Gasteiger partial charge in [0.15, 0.2) is 0 Å². The van der Waals surface area contributed by atoms with Gasteiger partial charge in [-0.3, -0.25) is 14.4 Å². The first-order valence-electron chi connectivity index (χ1n) is 10.2. The zero-order valence-corrected chi connectivity index (χ0v) is 18.9. The Morgan fingerprint density at radius 2 is 1.51 bits per heavy atom. The minimum absolute atomic E-state index is 0.0476. The molecule has 2 N–H and O–H groups in total. The molecule has 35 heavy (non-hydrogen) atoms. The molecule has 10 heteroatoms. The minimum Gasteiger partial charge on any atom is -0.465 e. The van der Waals surface area contributed by atoms with Gasteiger partial charge in [0.1, 0.15) is 16.5 Å². The van der Waals surface area contributed by atoms with E-state index in [9.17, 15) is 23.6 Å². The number of imide groups is 1. The van der Waals surface area contributed by atoms with Gasteiger partial charge in [-0.2, -0.15) is 0 Å². The Balaban J connectivity index is 1.47. The van der Waals surface area contributed by atoms with E-state index in [0.717, 1.165) is 4.90 Å². The normalized spacial score (nSPS) is 13.2. The Morgan fingerprint density at radius 3 is 2.14 bits per heavy atom. The number of esters is 1. The molecule has 0 unspecified atom stereocenters. The number of nitrogens with one attached hydrogen (secondary N) is 2. The molecular formula is C25H17ClFN3O5. The van der Waals surface area contributed by atoms with Crippen LogP contribution in [0.5, 0.6) is 0 Å². The number of halogens is 2. The number of hydrogen-bond donors (Lipinski definition) is 2. The number of carbonyl (C=O) groups is 4. The number of methoxy groups -OCH3 is 1. The Kier molecular flexibility index (Phi) is 6.61. The third-order valence-electron chi connectivity index (χ3n) is 5.11. The molecule has 8 nitrogen and oxygen atoms in total. The summed E-state index contributed by atoms with van der Waals surface area (Å²) in [5.74, 6) is -3.06. The van der Waals surface area contributed by atoms with Crippen molar-refractivity contribution in [2.45, 2.75) is 0 Å². The molecule has 176 valence electrons. The maximum absolute atomic E-state index is 13.8. The number of rotatable bonds is 6. The van der Waals surface area contributed by atoms with Crippen LogP contribution in [0.25, 0.3) is 0 Å². The molecule has 0 aromatic heterocycles. The van der Waals surface area contributed by atoms with Crippen LogP contribution < -0.4 is 15.5 Å². The Labute approximate surface area is 203 Å². The molecule has 0 aliphatic carbocycles. The van der Waals surface area contributed by atoms with Crippen molar-refractivity contribution in [3.63, 3.8) is 0 Å². The second-order valence-electron chi connectivity index (χ2n) is 7.31. The highest BCUT2D eigenvalue weighted by Crippen LogP contribution is 2.30. The molecule has 0 saturated heterocycles. The third kappa shape index (κ3) is 4.75. The maximum atomic E-state index is 13.8. The number of anilines is 3. The molecule has 0 saturated carbocycles. The summed E-state index contributed by atoms with van der Waals surface area (Å²) in [6.07, 6.45) is 0. The van der Waals surface area contributed by atoms with Crippen LogP contribution in [0.4, 0.5) is 21.5 Å². The number of carbonyl (C=O) groups excluding carboxylic acids is 4. The Hall–Kier alpha value is -4.50. The van der Waals surface area contributed by atoms with E-state index in [2.05, 4.69) is 15.4 Å². The minimum atomic E-state index is -0.731. The lowest BCUT2D eigenvalue weighted by atomic mass is 10.2. The summed E-state index contributed by atoms with van der Waals surface area (Å²) in [7, 11) is 1.24. The number of nitrogens with zero attached hydrogens (tertiary/aromatic N) is 1. The van der Waals surface area contributed by atoms with Crippen molar-refractivity contribution in [2.24, 2.45) is 0 Å². The molecule has 4 rings (SSSR count). The first-order valence-corrected chi connectivity index (χ1v) is 10.6. The maximum Gasteiger partial charge on any atom is 0.337 e. The lowest BCUT2D eigenvalue weighted by Crippen LogP contribution is -2.32. The summed E-state index contributed by atoms with van der Waals surface area (Å²) in [6, 6.07) is 17.5. The monoisotopic (exact) mass is 493 g/mol. The summed E-state index contributed by atoms with van der Waals surface area (Å²) in [6.45, 7) is 0. The standard InChI is InChI=1S/C25H17ClFN3O5/c1-35-25(34)15-8-12-17(13-9-15)30-23(32)20(26)21(24(30)33)28-16-10-6-14(7-11-16)22(31)29-19-5-3-2-4-18(19)27/h2-13,28H,1H3,(H,29,31). The molecular weight excluding hydrogens is 477 g/mol. The predicted molar refractivity (Wildman–Crippen MR) is 128 cm³/mol. The number of hydrogen-bond acceptors (Lipinski definition) is 6. The van der Waals surface area contributed by atoms with Crippen LogP contribution in [-0.4, -0.2) is 30.8 Å². The van der Waals surface area contributed by atoms with Crippen molar-refractivity contribution in [3.8, 4) is 0 Å². The van der Waals surface area contributed by atoms with E-state index < -0.39 is 29.5 Å². The molecule has 0 bridgehead atoms. The van der Waals surface area contributed by atoms with Gasteiger partial charge in [0, 0.05) is 11.3 Å². The molecule has 0 fully saturated rings. The van der Waals surface area contributed by atoms with Crippen LogP contribution in [0.2, 0.25) is 0 Å². The molecule has 0 spiro atoms. The fourth-order valence-corrected chi connectivity index (χ4v) is 3.53. The van der Waals surface area contributed by atoms with Crippen molar-refractivity contribution in [1.29, 1.82) is 0 Å². The van der Waals surface area contributed by atoms with Crippen LogP contribution in [0.15, 0.2) is 83.5 Å². The Bertz CT molecular complexity index is 1370. The van der Waals surface area contributed by atoms with Crippen molar-refractivity contribution < 1.29 is 28.3 Å². The van der Waals surface area contributed by atoms with E-state index in [1.54, 1.807) is 6.07 Å². The zero-order chi connectivity index (χ0) is 25.1. The van der Waals surface area contributed by atoms with Crippen molar-refractivity contribution >= 4 is 52.4 Å². The van der Waals surface area contributed by atoms with Gasteiger partial charge in [-0.1, -0.05) is 23.7 Å². The average molecular weight is 494 g/mol. The topological polar surface area (TPSA) is 105 Å². The van der Waals surface area contributed by atoms with Crippen molar-refractivity contribution in [2.75, 3.05) is 22.6 Å². The highest BCUT2D eigenvalue weighted by molar-refractivity contribution is 6.53. The SMILES string of the molecule is COC(=O)c1ccc(N2C(=O)C(Cl)=C(Nc3ccc(C(=O)Nc4ccccc4F)cc3)C2=O)cc1. The van der Waals surface area contributed by atoms with E-state index in [1.807, 2.05) is 0 Å². The summed E-state index contributed by atoms with van der Waals surface area (Å²) in [5, 5.41) is 4.97. The van der Waals surface area contributed by atoms with Gasteiger partial charge < -0.3 is 15.4 Å². The second-order valence-corrected chi connectivity index (χ2v) is 7.69. The third-order valence-corrected chi connectivity index (χ3v) is 5.46. The highest BCUT2D eigenvalue weighted by Gasteiger charge is 2.39. The van der Waals surface area contributed by atoms with E-state index in [4.69, 9.17) is 11.6 Å². The van der Waals surface area contributed by atoms with Crippen LogP contribution in [0, 0.1) is 5.82 Å². The quantitative estimate of drug-likeness (QED) is 0.392. The fraction of sp³-hybridized carbons (Fsp3) is 0.0400.